The lowest BCUT2D eigenvalue weighted by atomic mass is 10.1. The van der Waals surface area contributed by atoms with E-state index in [9.17, 15) is 4.79 Å². The molecule has 17 heavy (non-hydrogen) atoms. The van der Waals surface area contributed by atoms with Gasteiger partial charge in [-0.1, -0.05) is 12.1 Å². The first-order valence-electron chi connectivity index (χ1n) is 5.78. The van der Waals surface area contributed by atoms with Crippen molar-refractivity contribution < 1.29 is 9.53 Å². The first-order chi connectivity index (χ1) is 8.29. The molecule has 0 radical (unpaired) electrons. The first kappa shape index (κ1) is 12.3. The van der Waals surface area contributed by atoms with E-state index in [0.717, 1.165) is 29.2 Å². The van der Waals surface area contributed by atoms with Crippen LogP contribution in [0.1, 0.15) is 12.0 Å². The fourth-order valence-electron chi connectivity index (χ4n) is 1.82. The molecule has 1 aliphatic rings. The Hall–Kier alpha value is -1.16. The summed E-state index contributed by atoms with van der Waals surface area (Å²) in [5.74, 6) is 3.31. The third-order valence-corrected chi connectivity index (χ3v) is 4.09. The lowest BCUT2D eigenvalue weighted by molar-refractivity contribution is -0.124. The van der Waals surface area contributed by atoms with E-state index in [1.807, 2.05) is 36.0 Å². The molecule has 1 aromatic carbocycles. The fourth-order valence-corrected chi connectivity index (χ4v) is 3.04. The van der Waals surface area contributed by atoms with Gasteiger partial charge in [0, 0.05) is 18.2 Å². The highest BCUT2D eigenvalue weighted by molar-refractivity contribution is 7.99. The van der Waals surface area contributed by atoms with E-state index in [2.05, 4.69) is 5.32 Å². The summed E-state index contributed by atoms with van der Waals surface area (Å²) in [4.78, 5) is 11.8. The van der Waals surface area contributed by atoms with E-state index in [1.54, 1.807) is 7.11 Å². The highest BCUT2D eigenvalue weighted by Gasteiger charge is 2.22. The van der Waals surface area contributed by atoms with E-state index < -0.39 is 0 Å². The van der Waals surface area contributed by atoms with E-state index in [4.69, 9.17) is 4.74 Å². The Balaban J connectivity index is 1.82. The van der Waals surface area contributed by atoms with Crippen LogP contribution in [0.2, 0.25) is 0 Å². The zero-order valence-electron chi connectivity index (χ0n) is 9.94. The number of ether oxygens (including phenoxy) is 1. The van der Waals surface area contributed by atoms with Crippen LogP contribution in [0, 0.1) is 5.92 Å². The molecule has 1 unspecified atom stereocenters. The number of hydrogen-bond acceptors (Lipinski definition) is 3. The number of rotatable bonds is 4. The molecule has 1 amide bonds. The van der Waals surface area contributed by atoms with Crippen molar-refractivity contribution in [2.45, 2.75) is 13.0 Å². The van der Waals surface area contributed by atoms with Crippen molar-refractivity contribution in [1.82, 2.24) is 5.32 Å². The van der Waals surface area contributed by atoms with Crippen molar-refractivity contribution in [2.75, 3.05) is 18.6 Å². The second-order valence-corrected chi connectivity index (χ2v) is 5.28. The monoisotopic (exact) mass is 251 g/mol. The molecule has 0 spiro atoms. The van der Waals surface area contributed by atoms with Gasteiger partial charge in [0.2, 0.25) is 5.91 Å². The molecule has 1 aliphatic heterocycles. The van der Waals surface area contributed by atoms with Crippen LogP contribution in [0.3, 0.4) is 0 Å². The number of carbonyl (C=O) groups excluding carboxylic acids is 1. The van der Waals surface area contributed by atoms with Gasteiger partial charge >= 0.3 is 0 Å². The lowest BCUT2D eigenvalue weighted by Gasteiger charge is -2.10. The van der Waals surface area contributed by atoms with Crippen LogP contribution in [-0.2, 0) is 11.3 Å². The summed E-state index contributed by atoms with van der Waals surface area (Å²) < 4.78 is 5.09. The second kappa shape index (κ2) is 5.96. The summed E-state index contributed by atoms with van der Waals surface area (Å²) >= 11 is 1.86. The summed E-state index contributed by atoms with van der Waals surface area (Å²) in [6.07, 6.45) is 1.01. The molecule has 1 aromatic rings. The van der Waals surface area contributed by atoms with Gasteiger partial charge in [-0.3, -0.25) is 4.79 Å². The molecule has 92 valence electrons. The molecule has 1 N–H and O–H groups in total. The zero-order chi connectivity index (χ0) is 12.1. The Morgan fingerprint density at radius 3 is 2.82 bits per heavy atom. The van der Waals surface area contributed by atoms with Crippen LogP contribution in [0.25, 0.3) is 0 Å². The molecule has 1 fully saturated rings. The second-order valence-electron chi connectivity index (χ2n) is 4.13. The summed E-state index contributed by atoms with van der Waals surface area (Å²) in [6, 6.07) is 7.77. The number of benzene rings is 1. The van der Waals surface area contributed by atoms with Crippen LogP contribution < -0.4 is 10.1 Å². The van der Waals surface area contributed by atoms with Crippen molar-refractivity contribution in [3.63, 3.8) is 0 Å². The number of thioether (sulfide) groups is 1. The third kappa shape index (κ3) is 3.40. The van der Waals surface area contributed by atoms with Gasteiger partial charge in [0.05, 0.1) is 7.11 Å². The molecule has 3 nitrogen and oxygen atoms in total. The predicted molar refractivity (Wildman–Crippen MR) is 70.3 cm³/mol. The number of carbonyl (C=O) groups is 1. The molecule has 0 aliphatic carbocycles. The van der Waals surface area contributed by atoms with Crippen molar-refractivity contribution in [3.05, 3.63) is 29.8 Å². The van der Waals surface area contributed by atoms with E-state index in [-0.39, 0.29) is 11.8 Å². The number of amides is 1. The topological polar surface area (TPSA) is 38.3 Å². The Labute approximate surface area is 106 Å². The van der Waals surface area contributed by atoms with Crippen molar-refractivity contribution in [1.29, 1.82) is 0 Å². The molecule has 2 rings (SSSR count). The maximum Gasteiger partial charge on any atom is 0.224 e. The minimum Gasteiger partial charge on any atom is -0.497 e. The summed E-state index contributed by atoms with van der Waals surface area (Å²) in [7, 11) is 1.65. The van der Waals surface area contributed by atoms with E-state index in [1.165, 1.54) is 0 Å². The van der Waals surface area contributed by atoms with Crippen LogP contribution in [-0.4, -0.2) is 24.5 Å². The molecule has 0 saturated carbocycles. The van der Waals surface area contributed by atoms with Crippen LogP contribution >= 0.6 is 11.8 Å². The fraction of sp³-hybridized carbons (Fsp3) is 0.462. The Morgan fingerprint density at radius 1 is 1.47 bits per heavy atom. The molecular weight excluding hydrogens is 234 g/mol. The molecule has 4 heteroatoms. The lowest BCUT2D eigenvalue weighted by Crippen LogP contribution is -2.30. The van der Waals surface area contributed by atoms with Crippen LogP contribution in [0.4, 0.5) is 0 Å². The minimum atomic E-state index is 0.186. The highest BCUT2D eigenvalue weighted by atomic mass is 32.2. The number of hydrogen-bond donors (Lipinski definition) is 1. The first-order valence-corrected chi connectivity index (χ1v) is 6.93. The van der Waals surface area contributed by atoms with Gasteiger partial charge in [0.15, 0.2) is 0 Å². The zero-order valence-corrected chi connectivity index (χ0v) is 10.8. The third-order valence-electron chi connectivity index (χ3n) is 2.93. The minimum absolute atomic E-state index is 0.186. The van der Waals surface area contributed by atoms with Crippen molar-refractivity contribution >= 4 is 17.7 Å². The average molecular weight is 251 g/mol. The summed E-state index contributed by atoms with van der Waals surface area (Å²) in [6.45, 7) is 0.601. The molecule has 1 heterocycles. The van der Waals surface area contributed by atoms with Crippen LogP contribution in [0.15, 0.2) is 24.3 Å². The maximum absolute atomic E-state index is 11.8. The number of nitrogens with one attached hydrogen (secondary N) is 1. The van der Waals surface area contributed by atoms with Gasteiger partial charge < -0.3 is 10.1 Å². The molecule has 1 saturated heterocycles. The van der Waals surface area contributed by atoms with E-state index in [0.29, 0.717) is 6.54 Å². The Bertz CT molecular complexity index is 372. The van der Waals surface area contributed by atoms with Crippen molar-refractivity contribution in [3.8, 4) is 5.75 Å². The predicted octanol–water partition coefficient (Wildman–Crippen LogP) is 2.06. The summed E-state index contributed by atoms with van der Waals surface area (Å²) in [5, 5.41) is 2.99. The van der Waals surface area contributed by atoms with Gasteiger partial charge in [-0.05, 0) is 29.9 Å². The van der Waals surface area contributed by atoms with Gasteiger partial charge in [0.25, 0.3) is 0 Å². The molecule has 1 atom stereocenters. The maximum atomic E-state index is 11.8. The smallest absolute Gasteiger partial charge is 0.224 e. The van der Waals surface area contributed by atoms with Crippen molar-refractivity contribution in [2.24, 2.45) is 5.92 Å². The largest absolute Gasteiger partial charge is 0.497 e. The Kier molecular flexibility index (Phi) is 4.31. The molecule has 0 aromatic heterocycles. The standard InChI is InChI=1S/C13H17NO2S/c1-16-12-4-2-10(3-5-12)8-14-13(15)11-6-7-17-9-11/h2-5,11H,6-9H2,1H3,(H,14,15). The van der Waals surface area contributed by atoms with Gasteiger partial charge in [0.1, 0.15) is 5.75 Å². The van der Waals surface area contributed by atoms with E-state index >= 15 is 0 Å². The van der Waals surface area contributed by atoms with Gasteiger partial charge in [-0.2, -0.15) is 11.8 Å². The average Bonchev–Trinajstić information content (AvgIpc) is 2.90. The normalized spacial score (nSPS) is 19.0. The number of methoxy groups -OCH3 is 1. The van der Waals surface area contributed by atoms with Crippen LogP contribution in [0.5, 0.6) is 5.75 Å². The highest BCUT2D eigenvalue weighted by Crippen LogP contribution is 2.23. The van der Waals surface area contributed by atoms with Gasteiger partial charge in [-0.25, -0.2) is 0 Å². The summed E-state index contributed by atoms with van der Waals surface area (Å²) in [5.41, 5.74) is 1.10. The Morgan fingerprint density at radius 2 is 2.24 bits per heavy atom. The van der Waals surface area contributed by atoms with Gasteiger partial charge in [-0.15, -0.1) is 0 Å². The quantitative estimate of drug-likeness (QED) is 0.890. The molecule has 0 bridgehead atoms. The SMILES string of the molecule is COc1ccc(CNC(=O)C2CCSC2)cc1. The molecular formula is C13H17NO2S.